The van der Waals surface area contributed by atoms with Crippen molar-refractivity contribution in [2.24, 2.45) is 5.92 Å². The van der Waals surface area contributed by atoms with E-state index in [0.717, 1.165) is 31.4 Å². The lowest BCUT2D eigenvalue weighted by Gasteiger charge is -2.37. The Labute approximate surface area is 149 Å². The van der Waals surface area contributed by atoms with E-state index in [4.69, 9.17) is 11.6 Å². The molecule has 1 aliphatic carbocycles. The van der Waals surface area contributed by atoms with Crippen molar-refractivity contribution in [1.82, 2.24) is 0 Å². The lowest BCUT2D eigenvalue weighted by Crippen LogP contribution is -2.30. The Bertz CT molecular complexity index is 690. The van der Waals surface area contributed by atoms with Crippen LogP contribution in [0.25, 0.3) is 0 Å². The molecule has 1 aliphatic rings. The molecule has 0 saturated heterocycles. The second kappa shape index (κ2) is 7.40. The third-order valence-electron chi connectivity index (χ3n) is 5.26. The first-order valence-corrected chi connectivity index (χ1v) is 9.04. The predicted molar refractivity (Wildman–Crippen MR) is 100 cm³/mol. The molecule has 2 aromatic carbocycles. The molecule has 126 valence electrons. The van der Waals surface area contributed by atoms with Crippen LogP contribution < -0.4 is 5.32 Å². The summed E-state index contributed by atoms with van der Waals surface area (Å²) in [6.07, 6.45) is 5.10. The van der Waals surface area contributed by atoms with E-state index in [9.17, 15) is 4.79 Å². The second-order valence-corrected chi connectivity index (χ2v) is 7.57. The number of amides is 1. The molecule has 1 fully saturated rings. The van der Waals surface area contributed by atoms with Gasteiger partial charge in [-0.25, -0.2) is 0 Å². The highest BCUT2D eigenvalue weighted by Crippen LogP contribution is 2.42. The minimum absolute atomic E-state index is 0.0885. The van der Waals surface area contributed by atoms with Crippen LogP contribution in [0.2, 0.25) is 5.02 Å². The van der Waals surface area contributed by atoms with Crippen molar-refractivity contribution in [2.45, 2.75) is 44.4 Å². The molecule has 3 heteroatoms. The first kappa shape index (κ1) is 17.0. The first-order chi connectivity index (χ1) is 11.5. The summed E-state index contributed by atoms with van der Waals surface area (Å²) in [6.45, 7) is 2.35. The molecule has 1 saturated carbocycles. The number of carbonyl (C=O) groups is 1. The maximum absolute atomic E-state index is 12.3. The van der Waals surface area contributed by atoms with Crippen LogP contribution in [0.4, 0.5) is 5.69 Å². The molecule has 0 aliphatic heterocycles. The Morgan fingerprint density at radius 2 is 1.83 bits per heavy atom. The number of halogens is 1. The molecular formula is C21H24ClNO. The number of benzene rings is 2. The molecule has 0 heterocycles. The van der Waals surface area contributed by atoms with Gasteiger partial charge in [0.1, 0.15) is 0 Å². The van der Waals surface area contributed by atoms with Crippen molar-refractivity contribution < 1.29 is 4.79 Å². The van der Waals surface area contributed by atoms with Crippen molar-refractivity contribution in [2.75, 3.05) is 5.32 Å². The van der Waals surface area contributed by atoms with Crippen LogP contribution >= 0.6 is 11.6 Å². The standard InChI is InChI=1S/C21H24ClNO/c1-21(17-6-3-2-4-7-17)12-10-16(11-13-21)14-20(24)23-19-9-5-8-18(22)15-19/h2-9,15-16H,10-14H2,1H3,(H,23,24). The quantitative estimate of drug-likeness (QED) is 0.746. The number of hydrogen-bond acceptors (Lipinski definition) is 1. The largest absolute Gasteiger partial charge is 0.326 e. The van der Waals surface area contributed by atoms with Crippen LogP contribution in [-0.2, 0) is 10.2 Å². The number of hydrogen-bond donors (Lipinski definition) is 1. The second-order valence-electron chi connectivity index (χ2n) is 7.13. The maximum Gasteiger partial charge on any atom is 0.224 e. The minimum atomic E-state index is 0.0885. The summed E-state index contributed by atoms with van der Waals surface area (Å²) < 4.78 is 0. The van der Waals surface area contributed by atoms with Gasteiger partial charge in [0, 0.05) is 17.1 Å². The summed E-state index contributed by atoms with van der Waals surface area (Å²) in [6, 6.07) is 18.1. The highest BCUT2D eigenvalue weighted by atomic mass is 35.5. The summed E-state index contributed by atoms with van der Waals surface area (Å²) in [5.74, 6) is 0.562. The molecule has 2 nitrogen and oxygen atoms in total. The van der Waals surface area contributed by atoms with Crippen molar-refractivity contribution in [1.29, 1.82) is 0 Å². The molecule has 0 spiro atoms. The van der Waals surface area contributed by atoms with E-state index in [1.807, 2.05) is 18.2 Å². The van der Waals surface area contributed by atoms with Crippen LogP contribution in [0.5, 0.6) is 0 Å². The molecule has 0 unspecified atom stereocenters. The van der Waals surface area contributed by atoms with Gasteiger partial charge < -0.3 is 5.32 Å². The Balaban J connectivity index is 1.53. The van der Waals surface area contributed by atoms with Crippen LogP contribution in [-0.4, -0.2) is 5.91 Å². The third kappa shape index (κ3) is 4.18. The predicted octanol–water partition coefficient (Wildman–Crippen LogP) is 5.82. The summed E-state index contributed by atoms with van der Waals surface area (Å²) in [4.78, 5) is 12.3. The van der Waals surface area contributed by atoms with Crippen LogP contribution in [0.3, 0.4) is 0 Å². The number of nitrogens with one attached hydrogen (secondary N) is 1. The van der Waals surface area contributed by atoms with Gasteiger partial charge in [0.25, 0.3) is 0 Å². The molecule has 2 aromatic rings. The van der Waals surface area contributed by atoms with Gasteiger partial charge in [-0.2, -0.15) is 0 Å². The van der Waals surface area contributed by atoms with Crippen LogP contribution in [0.15, 0.2) is 54.6 Å². The van der Waals surface area contributed by atoms with Crippen molar-refractivity contribution in [3.05, 3.63) is 65.2 Å². The highest BCUT2D eigenvalue weighted by molar-refractivity contribution is 6.30. The zero-order valence-electron chi connectivity index (χ0n) is 14.1. The van der Waals surface area contributed by atoms with Gasteiger partial charge in [0.15, 0.2) is 0 Å². The SMILES string of the molecule is CC1(c2ccccc2)CCC(CC(=O)Nc2cccc(Cl)c2)CC1. The molecule has 3 rings (SSSR count). The normalized spacial score (nSPS) is 23.7. The molecule has 24 heavy (non-hydrogen) atoms. The number of carbonyl (C=O) groups excluding carboxylic acids is 1. The third-order valence-corrected chi connectivity index (χ3v) is 5.50. The number of anilines is 1. The summed E-state index contributed by atoms with van der Waals surface area (Å²) in [5, 5.41) is 3.60. The topological polar surface area (TPSA) is 29.1 Å². The number of rotatable bonds is 4. The van der Waals surface area contributed by atoms with E-state index in [1.165, 1.54) is 5.56 Å². The van der Waals surface area contributed by atoms with Gasteiger partial charge in [-0.15, -0.1) is 0 Å². The smallest absolute Gasteiger partial charge is 0.224 e. The van der Waals surface area contributed by atoms with E-state index in [-0.39, 0.29) is 11.3 Å². The Kier molecular flexibility index (Phi) is 5.25. The van der Waals surface area contributed by atoms with Crippen LogP contribution in [0.1, 0.15) is 44.6 Å². The van der Waals surface area contributed by atoms with Gasteiger partial charge in [-0.3, -0.25) is 4.79 Å². The lowest BCUT2D eigenvalue weighted by atomic mass is 9.67. The molecule has 0 bridgehead atoms. The van der Waals surface area contributed by atoms with Crippen molar-refractivity contribution in [3.63, 3.8) is 0 Å². The fraction of sp³-hybridized carbons (Fsp3) is 0.381. The van der Waals surface area contributed by atoms with Gasteiger partial charge in [-0.1, -0.05) is 54.9 Å². The van der Waals surface area contributed by atoms with Gasteiger partial charge >= 0.3 is 0 Å². The fourth-order valence-electron chi connectivity index (χ4n) is 3.69. The van der Waals surface area contributed by atoms with E-state index in [1.54, 1.807) is 6.07 Å². The Morgan fingerprint density at radius 3 is 2.50 bits per heavy atom. The van der Waals surface area contributed by atoms with Gasteiger partial charge in [0.05, 0.1) is 0 Å². The zero-order valence-corrected chi connectivity index (χ0v) is 14.9. The van der Waals surface area contributed by atoms with Crippen molar-refractivity contribution in [3.8, 4) is 0 Å². The lowest BCUT2D eigenvalue weighted by molar-refractivity contribution is -0.117. The van der Waals surface area contributed by atoms with Gasteiger partial charge in [0.2, 0.25) is 5.91 Å². The average Bonchev–Trinajstić information content (AvgIpc) is 2.58. The molecule has 0 atom stereocenters. The van der Waals surface area contributed by atoms with E-state index < -0.39 is 0 Å². The molecule has 1 N–H and O–H groups in total. The monoisotopic (exact) mass is 341 g/mol. The fourth-order valence-corrected chi connectivity index (χ4v) is 3.88. The summed E-state index contributed by atoms with van der Waals surface area (Å²) in [5.41, 5.74) is 2.45. The highest BCUT2D eigenvalue weighted by Gasteiger charge is 2.33. The van der Waals surface area contributed by atoms with Crippen LogP contribution in [0, 0.1) is 5.92 Å². The Hall–Kier alpha value is -1.80. The minimum Gasteiger partial charge on any atom is -0.326 e. The molecular weight excluding hydrogens is 318 g/mol. The maximum atomic E-state index is 12.3. The summed E-state index contributed by atoms with van der Waals surface area (Å²) in [7, 11) is 0. The van der Waals surface area contributed by atoms with E-state index in [0.29, 0.717) is 17.4 Å². The van der Waals surface area contributed by atoms with Crippen molar-refractivity contribution >= 4 is 23.2 Å². The van der Waals surface area contributed by atoms with Gasteiger partial charge in [-0.05, 0) is 60.8 Å². The molecule has 1 amide bonds. The first-order valence-electron chi connectivity index (χ1n) is 8.66. The van der Waals surface area contributed by atoms with E-state index in [2.05, 4.69) is 42.6 Å². The van der Waals surface area contributed by atoms with E-state index >= 15 is 0 Å². The molecule has 0 radical (unpaired) electrons. The molecule has 0 aromatic heterocycles. The summed E-state index contributed by atoms with van der Waals surface area (Å²) >= 11 is 5.96. The Morgan fingerprint density at radius 1 is 1.12 bits per heavy atom. The zero-order chi connectivity index (χ0) is 17.0. The average molecular weight is 342 g/mol.